The van der Waals surface area contributed by atoms with Crippen molar-refractivity contribution in [3.8, 4) is 0 Å². The maximum absolute atomic E-state index is 11.9. The molecule has 0 saturated heterocycles. The van der Waals surface area contributed by atoms with Crippen LogP contribution in [0.1, 0.15) is 71.6 Å². The monoisotopic (exact) mass is 318 g/mol. The number of carboxylic acids is 1. The third-order valence-electron chi connectivity index (χ3n) is 8.77. The Labute approximate surface area is 139 Å². The Kier molecular flexibility index (Phi) is 3.29. The molecule has 3 heteroatoms. The van der Waals surface area contributed by atoms with E-state index in [-0.39, 0.29) is 22.2 Å². The molecule has 7 atom stereocenters. The Morgan fingerprint density at radius 2 is 1.83 bits per heavy atom. The third-order valence-corrected chi connectivity index (χ3v) is 8.77. The van der Waals surface area contributed by atoms with Crippen molar-refractivity contribution in [3.05, 3.63) is 0 Å². The van der Waals surface area contributed by atoms with Crippen molar-refractivity contribution in [2.24, 2.45) is 39.9 Å². The van der Waals surface area contributed by atoms with E-state index < -0.39 is 5.97 Å². The molecule has 2 unspecified atom stereocenters. The molecule has 2 bridgehead atoms. The highest BCUT2D eigenvalue weighted by Crippen LogP contribution is 2.72. The molecule has 0 aliphatic heterocycles. The van der Waals surface area contributed by atoms with Crippen LogP contribution in [0, 0.1) is 39.9 Å². The Hall–Kier alpha value is -0.860. The van der Waals surface area contributed by atoms with Crippen molar-refractivity contribution in [3.63, 3.8) is 0 Å². The SMILES string of the molecule is C[C@@]12CCC[C@@](C)(C=O)C1CC[C@@]13C[C@@H](CCC12)[C@H](C(=O)O)C3. The minimum absolute atomic E-state index is 0.110. The molecular formula is C20H30O3. The van der Waals surface area contributed by atoms with Crippen LogP contribution in [0.3, 0.4) is 0 Å². The lowest BCUT2D eigenvalue weighted by Gasteiger charge is -2.63. The van der Waals surface area contributed by atoms with Crippen LogP contribution in [0.2, 0.25) is 0 Å². The molecule has 0 radical (unpaired) electrons. The van der Waals surface area contributed by atoms with Gasteiger partial charge in [-0.3, -0.25) is 4.79 Å². The van der Waals surface area contributed by atoms with E-state index in [1.54, 1.807) is 0 Å². The second kappa shape index (κ2) is 4.83. The van der Waals surface area contributed by atoms with Gasteiger partial charge in [0.05, 0.1) is 5.92 Å². The first kappa shape index (κ1) is 15.7. The standard InChI is InChI=1S/C20H30O3/c1-18(12-21)7-3-8-19(2)15(18)6-9-20-10-13(4-5-16(19)20)14(11-20)17(22)23/h12-16H,3-11H2,1-2H3,(H,22,23)/t13-,14-,15?,16?,18+,19-,20+/m1/s1. The van der Waals surface area contributed by atoms with Gasteiger partial charge in [-0.15, -0.1) is 0 Å². The number of hydrogen-bond acceptors (Lipinski definition) is 2. The van der Waals surface area contributed by atoms with Crippen LogP contribution in [-0.4, -0.2) is 17.4 Å². The number of rotatable bonds is 2. The molecule has 23 heavy (non-hydrogen) atoms. The minimum Gasteiger partial charge on any atom is -0.481 e. The Morgan fingerprint density at radius 1 is 1.04 bits per heavy atom. The first-order chi connectivity index (χ1) is 10.8. The lowest BCUT2D eigenvalue weighted by Crippen LogP contribution is -2.56. The van der Waals surface area contributed by atoms with Crippen molar-refractivity contribution in [2.45, 2.75) is 71.6 Å². The van der Waals surface area contributed by atoms with Gasteiger partial charge in [0.25, 0.3) is 0 Å². The van der Waals surface area contributed by atoms with Gasteiger partial charge in [-0.2, -0.15) is 0 Å². The van der Waals surface area contributed by atoms with Crippen molar-refractivity contribution >= 4 is 12.3 Å². The molecule has 128 valence electrons. The molecule has 1 spiro atoms. The van der Waals surface area contributed by atoms with Crippen molar-refractivity contribution < 1.29 is 14.7 Å². The minimum atomic E-state index is -0.568. The van der Waals surface area contributed by atoms with E-state index in [0.717, 1.165) is 44.9 Å². The van der Waals surface area contributed by atoms with E-state index in [2.05, 4.69) is 13.8 Å². The van der Waals surface area contributed by atoms with Gasteiger partial charge in [0.15, 0.2) is 0 Å². The van der Waals surface area contributed by atoms with E-state index >= 15 is 0 Å². The van der Waals surface area contributed by atoms with Gasteiger partial charge >= 0.3 is 5.97 Å². The Bertz CT molecular complexity index is 543. The first-order valence-electron chi connectivity index (χ1n) is 9.54. The van der Waals surface area contributed by atoms with Gasteiger partial charge < -0.3 is 9.90 Å². The van der Waals surface area contributed by atoms with Crippen LogP contribution in [0.25, 0.3) is 0 Å². The normalized spacial score (nSPS) is 54.9. The molecular weight excluding hydrogens is 288 g/mol. The zero-order valence-corrected chi connectivity index (χ0v) is 14.5. The molecule has 0 aromatic rings. The summed E-state index contributed by atoms with van der Waals surface area (Å²) in [6.07, 6.45) is 11.3. The average Bonchev–Trinajstić information content (AvgIpc) is 2.78. The highest BCUT2D eigenvalue weighted by atomic mass is 16.4. The smallest absolute Gasteiger partial charge is 0.306 e. The number of carboxylic acid groups (broad SMARTS) is 1. The molecule has 0 aromatic heterocycles. The van der Waals surface area contributed by atoms with Crippen molar-refractivity contribution in [2.75, 3.05) is 0 Å². The number of fused-ring (bicyclic) bond motifs is 3. The van der Waals surface area contributed by atoms with Gasteiger partial charge in [0.1, 0.15) is 6.29 Å². The van der Waals surface area contributed by atoms with Gasteiger partial charge in [0.2, 0.25) is 0 Å². The fourth-order valence-corrected chi connectivity index (χ4v) is 7.92. The largest absolute Gasteiger partial charge is 0.481 e. The summed E-state index contributed by atoms with van der Waals surface area (Å²) in [7, 11) is 0. The third kappa shape index (κ3) is 1.94. The molecule has 0 heterocycles. The quantitative estimate of drug-likeness (QED) is 0.772. The maximum atomic E-state index is 11.9. The summed E-state index contributed by atoms with van der Waals surface area (Å²) in [6, 6.07) is 0. The van der Waals surface area contributed by atoms with E-state index in [9.17, 15) is 14.7 Å². The van der Waals surface area contributed by atoms with E-state index in [1.165, 1.54) is 19.1 Å². The van der Waals surface area contributed by atoms with Crippen LogP contribution in [0.15, 0.2) is 0 Å². The summed E-state index contributed by atoms with van der Waals surface area (Å²) in [5.74, 6) is 0.860. The van der Waals surface area contributed by atoms with Crippen LogP contribution in [0.4, 0.5) is 0 Å². The molecule has 4 rings (SSSR count). The molecule has 3 nitrogen and oxygen atoms in total. The highest BCUT2D eigenvalue weighted by Gasteiger charge is 2.65. The molecule has 4 aliphatic carbocycles. The average molecular weight is 318 g/mol. The summed E-state index contributed by atoms with van der Waals surface area (Å²) in [6.45, 7) is 4.62. The first-order valence-corrected chi connectivity index (χ1v) is 9.54. The van der Waals surface area contributed by atoms with Gasteiger partial charge in [-0.05, 0) is 80.0 Å². The number of carbonyl (C=O) groups excluding carboxylic acids is 1. The van der Waals surface area contributed by atoms with Gasteiger partial charge in [-0.1, -0.05) is 20.3 Å². The lowest BCUT2D eigenvalue weighted by atomic mass is 9.41. The Morgan fingerprint density at radius 3 is 2.52 bits per heavy atom. The van der Waals surface area contributed by atoms with Crippen LogP contribution < -0.4 is 0 Å². The zero-order valence-electron chi connectivity index (χ0n) is 14.5. The van der Waals surface area contributed by atoms with Crippen LogP contribution in [-0.2, 0) is 9.59 Å². The predicted octanol–water partition coefficient (Wildman–Crippen LogP) is 4.30. The summed E-state index contributed by atoms with van der Waals surface area (Å²) in [5, 5.41) is 9.62. The number of aldehydes is 1. The fourth-order valence-electron chi connectivity index (χ4n) is 7.92. The Balaban J connectivity index is 1.71. The second-order valence-electron chi connectivity index (χ2n) is 9.68. The fraction of sp³-hybridized carbons (Fsp3) is 0.900. The molecule has 1 N–H and O–H groups in total. The van der Waals surface area contributed by atoms with Crippen LogP contribution in [0.5, 0.6) is 0 Å². The lowest BCUT2D eigenvalue weighted by molar-refractivity contribution is -0.157. The molecule has 0 amide bonds. The molecule has 0 aromatic carbocycles. The van der Waals surface area contributed by atoms with Gasteiger partial charge in [0, 0.05) is 5.41 Å². The molecule has 4 saturated carbocycles. The topological polar surface area (TPSA) is 54.4 Å². The van der Waals surface area contributed by atoms with E-state index in [1.807, 2.05) is 0 Å². The summed E-state index contributed by atoms with van der Waals surface area (Å²) < 4.78 is 0. The van der Waals surface area contributed by atoms with E-state index in [4.69, 9.17) is 0 Å². The summed E-state index contributed by atoms with van der Waals surface area (Å²) >= 11 is 0. The zero-order chi connectivity index (χ0) is 16.5. The number of carbonyl (C=O) groups is 2. The van der Waals surface area contributed by atoms with Gasteiger partial charge in [-0.25, -0.2) is 0 Å². The van der Waals surface area contributed by atoms with Crippen molar-refractivity contribution in [1.29, 1.82) is 0 Å². The predicted molar refractivity (Wildman–Crippen MR) is 87.9 cm³/mol. The summed E-state index contributed by atoms with van der Waals surface area (Å²) in [4.78, 5) is 23.5. The number of hydrogen-bond donors (Lipinski definition) is 1. The summed E-state index contributed by atoms with van der Waals surface area (Å²) in [5.41, 5.74) is 0.346. The maximum Gasteiger partial charge on any atom is 0.306 e. The number of aliphatic carboxylic acids is 1. The van der Waals surface area contributed by atoms with Crippen LogP contribution >= 0.6 is 0 Å². The molecule has 4 fully saturated rings. The van der Waals surface area contributed by atoms with E-state index in [0.29, 0.717) is 17.8 Å². The molecule has 4 aliphatic rings. The van der Waals surface area contributed by atoms with Crippen molar-refractivity contribution in [1.82, 2.24) is 0 Å². The highest BCUT2D eigenvalue weighted by molar-refractivity contribution is 5.71. The second-order valence-corrected chi connectivity index (χ2v) is 9.68.